The lowest BCUT2D eigenvalue weighted by atomic mass is 9.84. The highest BCUT2D eigenvalue weighted by Crippen LogP contribution is 2.34. The number of rotatable bonds is 8. The van der Waals surface area contributed by atoms with Gasteiger partial charge in [-0.05, 0) is 49.1 Å². The molecule has 0 heterocycles. The van der Waals surface area contributed by atoms with Crippen LogP contribution in [0.1, 0.15) is 56.1 Å². The van der Waals surface area contributed by atoms with Gasteiger partial charge in [-0.25, -0.2) is 9.59 Å². The summed E-state index contributed by atoms with van der Waals surface area (Å²) in [6.07, 6.45) is -0.442. The fourth-order valence-electron chi connectivity index (χ4n) is 3.25. The average molecular weight is 459 g/mol. The van der Waals surface area contributed by atoms with Crippen molar-refractivity contribution in [3.63, 3.8) is 0 Å². The van der Waals surface area contributed by atoms with E-state index in [2.05, 4.69) is 5.16 Å². The molecule has 9 heteroatoms. The summed E-state index contributed by atoms with van der Waals surface area (Å²) >= 11 is 0. The van der Waals surface area contributed by atoms with Crippen molar-refractivity contribution in [2.75, 3.05) is 24.7 Å². The number of amides is 1. The second kappa shape index (κ2) is 10.7. The summed E-state index contributed by atoms with van der Waals surface area (Å²) in [4.78, 5) is 25.0. The fourth-order valence-corrected chi connectivity index (χ4v) is 3.25. The number of anilines is 1. The maximum atomic E-state index is 12.4. The molecule has 33 heavy (non-hydrogen) atoms. The molecule has 3 N–H and O–H groups in total. The SMILES string of the molecule is CCOC(=O)N(CC)c1ccc(/C(COc2ccc(C(=O)O)c(O)c2)=N\O)cc1C(C)(C)C. The third-order valence-electron chi connectivity index (χ3n) is 4.93. The van der Waals surface area contributed by atoms with Crippen molar-refractivity contribution < 1.29 is 34.5 Å². The van der Waals surface area contributed by atoms with Crippen LogP contribution in [-0.2, 0) is 10.2 Å². The monoisotopic (exact) mass is 458 g/mol. The van der Waals surface area contributed by atoms with E-state index in [1.54, 1.807) is 24.0 Å². The van der Waals surface area contributed by atoms with Crippen molar-refractivity contribution in [3.05, 3.63) is 53.1 Å². The number of oxime groups is 1. The molecule has 2 aromatic carbocycles. The third kappa shape index (κ3) is 6.15. The molecule has 2 aromatic rings. The molecule has 0 aliphatic heterocycles. The van der Waals surface area contributed by atoms with Crippen molar-refractivity contribution >= 4 is 23.5 Å². The van der Waals surface area contributed by atoms with Gasteiger partial charge < -0.3 is 24.9 Å². The Kier molecular flexibility index (Phi) is 8.28. The number of phenols is 1. The van der Waals surface area contributed by atoms with Gasteiger partial charge in [-0.15, -0.1) is 0 Å². The molecule has 0 aliphatic rings. The zero-order valence-electron chi connectivity index (χ0n) is 19.5. The minimum absolute atomic E-state index is 0.138. The molecule has 0 fully saturated rings. The first-order valence-corrected chi connectivity index (χ1v) is 10.5. The molecule has 0 spiro atoms. The average Bonchev–Trinajstić information content (AvgIpc) is 2.74. The predicted octanol–water partition coefficient (Wildman–Crippen LogP) is 4.63. The van der Waals surface area contributed by atoms with Gasteiger partial charge in [0.1, 0.15) is 29.4 Å². The lowest BCUT2D eigenvalue weighted by Crippen LogP contribution is -2.33. The molecule has 0 bridgehead atoms. The smallest absolute Gasteiger partial charge is 0.414 e. The molecule has 1 amide bonds. The molecule has 0 aromatic heterocycles. The second-order valence-corrected chi connectivity index (χ2v) is 8.24. The summed E-state index contributed by atoms with van der Waals surface area (Å²) in [5, 5.41) is 31.8. The van der Waals surface area contributed by atoms with E-state index in [-0.39, 0.29) is 35.7 Å². The van der Waals surface area contributed by atoms with E-state index in [1.165, 1.54) is 18.2 Å². The first-order chi connectivity index (χ1) is 15.5. The number of carboxylic acids is 1. The Morgan fingerprint density at radius 3 is 2.30 bits per heavy atom. The van der Waals surface area contributed by atoms with Gasteiger partial charge >= 0.3 is 12.1 Å². The van der Waals surface area contributed by atoms with E-state index in [4.69, 9.17) is 14.6 Å². The van der Waals surface area contributed by atoms with Crippen molar-refractivity contribution in [2.45, 2.75) is 40.0 Å². The quantitative estimate of drug-likeness (QED) is 0.299. The molecule has 0 saturated carbocycles. The summed E-state index contributed by atoms with van der Waals surface area (Å²) in [6.45, 7) is 10.2. The Labute approximate surface area is 192 Å². The van der Waals surface area contributed by atoms with E-state index in [0.29, 0.717) is 17.8 Å². The predicted molar refractivity (Wildman–Crippen MR) is 124 cm³/mol. The topological polar surface area (TPSA) is 129 Å². The Balaban J connectivity index is 2.35. The van der Waals surface area contributed by atoms with Crippen molar-refractivity contribution in [1.29, 1.82) is 0 Å². The van der Waals surface area contributed by atoms with Crippen LogP contribution in [0.5, 0.6) is 11.5 Å². The molecule has 0 atom stereocenters. The molecule has 0 aliphatic carbocycles. The van der Waals surface area contributed by atoms with Crippen molar-refractivity contribution in [2.24, 2.45) is 5.16 Å². The number of benzene rings is 2. The Morgan fingerprint density at radius 1 is 1.09 bits per heavy atom. The molecule has 178 valence electrons. The number of aromatic hydroxyl groups is 1. The van der Waals surface area contributed by atoms with Crippen LogP contribution in [0.15, 0.2) is 41.6 Å². The lowest BCUT2D eigenvalue weighted by molar-refractivity contribution is 0.0693. The van der Waals surface area contributed by atoms with Gasteiger partial charge in [-0.3, -0.25) is 4.90 Å². The Hall–Kier alpha value is -3.75. The standard InChI is InChI=1S/C24H30N2O7/c1-6-26(23(30)32-7-2)20-11-8-15(12-18(20)24(3,4)5)19(25-31)14-33-16-9-10-17(22(28)29)21(27)13-16/h8-13,27,31H,6-7,14H2,1-5H3,(H,28,29)/b25-19-. The minimum atomic E-state index is -1.25. The minimum Gasteiger partial charge on any atom is -0.507 e. The number of nitrogens with zero attached hydrogens (tertiary/aromatic N) is 2. The normalized spacial score (nSPS) is 11.7. The van der Waals surface area contributed by atoms with Crippen molar-refractivity contribution in [3.8, 4) is 11.5 Å². The summed E-state index contributed by atoms with van der Waals surface area (Å²) in [7, 11) is 0. The van der Waals surface area contributed by atoms with Crippen LogP contribution in [0, 0.1) is 0 Å². The Morgan fingerprint density at radius 2 is 1.79 bits per heavy atom. The van der Waals surface area contributed by atoms with E-state index < -0.39 is 17.8 Å². The number of hydrogen-bond acceptors (Lipinski definition) is 7. The van der Waals surface area contributed by atoms with Crippen molar-refractivity contribution in [1.82, 2.24) is 0 Å². The van der Waals surface area contributed by atoms with E-state index in [9.17, 15) is 19.9 Å². The molecular formula is C24H30N2O7. The molecule has 0 saturated heterocycles. The number of carbonyl (C=O) groups is 2. The zero-order chi connectivity index (χ0) is 24.8. The van der Waals surface area contributed by atoms with Crippen LogP contribution in [-0.4, -0.2) is 53.0 Å². The van der Waals surface area contributed by atoms with Crippen LogP contribution >= 0.6 is 0 Å². The van der Waals surface area contributed by atoms with Gasteiger partial charge in [0, 0.05) is 18.2 Å². The van der Waals surface area contributed by atoms with Gasteiger partial charge in [-0.2, -0.15) is 0 Å². The van der Waals surface area contributed by atoms with Crippen LogP contribution in [0.3, 0.4) is 0 Å². The molecule has 0 unspecified atom stereocenters. The van der Waals surface area contributed by atoms with Gasteiger partial charge in [0.2, 0.25) is 0 Å². The highest BCUT2D eigenvalue weighted by molar-refractivity contribution is 6.02. The Bertz CT molecular complexity index is 1040. The molecule has 9 nitrogen and oxygen atoms in total. The molecule has 0 radical (unpaired) electrons. The number of ether oxygens (including phenoxy) is 2. The largest absolute Gasteiger partial charge is 0.507 e. The van der Waals surface area contributed by atoms with E-state index >= 15 is 0 Å². The highest BCUT2D eigenvalue weighted by Gasteiger charge is 2.26. The first kappa shape index (κ1) is 25.5. The van der Waals surface area contributed by atoms with Crippen LogP contribution in [0.2, 0.25) is 0 Å². The maximum absolute atomic E-state index is 12.4. The maximum Gasteiger partial charge on any atom is 0.414 e. The lowest BCUT2D eigenvalue weighted by Gasteiger charge is -2.29. The first-order valence-electron chi connectivity index (χ1n) is 10.5. The highest BCUT2D eigenvalue weighted by atomic mass is 16.6. The third-order valence-corrected chi connectivity index (χ3v) is 4.93. The van der Waals surface area contributed by atoms with Crippen LogP contribution in [0.4, 0.5) is 10.5 Å². The van der Waals surface area contributed by atoms with Gasteiger partial charge in [-0.1, -0.05) is 32.0 Å². The molecular weight excluding hydrogens is 428 g/mol. The summed E-state index contributed by atoms with van der Waals surface area (Å²) < 4.78 is 10.8. The number of hydrogen-bond donors (Lipinski definition) is 3. The van der Waals surface area contributed by atoms with Crippen LogP contribution in [0.25, 0.3) is 0 Å². The number of carboxylic acid groups (broad SMARTS) is 1. The van der Waals surface area contributed by atoms with Gasteiger partial charge in [0.25, 0.3) is 0 Å². The molecule has 2 rings (SSSR count). The fraction of sp³-hybridized carbons (Fsp3) is 0.375. The van der Waals surface area contributed by atoms with Gasteiger partial charge in [0.05, 0.1) is 12.3 Å². The zero-order valence-corrected chi connectivity index (χ0v) is 19.5. The van der Waals surface area contributed by atoms with E-state index in [1.807, 2.05) is 33.8 Å². The second-order valence-electron chi connectivity index (χ2n) is 8.24. The summed E-state index contributed by atoms with van der Waals surface area (Å²) in [5.41, 5.74) is 1.75. The van der Waals surface area contributed by atoms with Crippen LogP contribution < -0.4 is 9.64 Å². The van der Waals surface area contributed by atoms with E-state index in [0.717, 1.165) is 5.56 Å². The number of aromatic carboxylic acids is 1. The van der Waals surface area contributed by atoms with Gasteiger partial charge in [0.15, 0.2) is 0 Å². The summed E-state index contributed by atoms with van der Waals surface area (Å²) in [5.74, 6) is -1.47. The number of carbonyl (C=O) groups excluding carboxylic acids is 1. The summed E-state index contributed by atoms with van der Waals surface area (Å²) in [6, 6.07) is 9.14.